The summed E-state index contributed by atoms with van der Waals surface area (Å²) in [4.78, 5) is 26.0. The third-order valence-electron chi connectivity index (χ3n) is 4.50. The molecule has 0 bridgehead atoms. The lowest BCUT2D eigenvalue weighted by molar-refractivity contribution is 0.0978. The molecule has 0 amide bonds. The Bertz CT molecular complexity index is 1070. The molecular formula is C20H14O5. The van der Waals surface area contributed by atoms with Crippen molar-refractivity contribution in [3.8, 4) is 17.2 Å². The van der Waals surface area contributed by atoms with Gasteiger partial charge < -0.3 is 14.6 Å². The molecule has 124 valence electrons. The van der Waals surface area contributed by atoms with Crippen molar-refractivity contribution in [2.24, 2.45) is 0 Å². The summed E-state index contributed by atoms with van der Waals surface area (Å²) in [5.74, 6) is 0.136. The van der Waals surface area contributed by atoms with E-state index in [2.05, 4.69) is 0 Å². The van der Waals surface area contributed by atoms with Gasteiger partial charge in [0, 0.05) is 28.1 Å². The molecule has 0 saturated heterocycles. The SMILES string of the molecule is COc1cc(OC)c2c3c(ccc2c1)C(=O)c1cccc(O)c1C3=O. The molecule has 0 atom stereocenters. The topological polar surface area (TPSA) is 72.8 Å². The van der Waals surface area contributed by atoms with Gasteiger partial charge in [-0.2, -0.15) is 0 Å². The van der Waals surface area contributed by atoms with Crippen molar-refractivity contribution in [2.75, 3.05) is 14.2 Å². The molecule has 0 spiro atoms. The standard InChI is InChI=1S/C20H14O5/c1-24-11-8-10-6-7-13-18(16(10)15(9-11)25-2)20(23)17-12(19(13)22)4-3-5-14(17)21/h3-9,21H,1-2H3. The molecule has 5 heteroatoms. The summed E-state index contributed by atoms with van der Waals surface area (Å²) in [5, 5.41) is 11.4. The molecule has 0 fully saturated rings. The predicted molar refractivity (Wildman–Crippen MR) is 92.0 cm³/mol. The number of fused-ring (bicyclic) bond motifs is 4. The molecule has 0 aliphatic heterocycles. The van der Waals surface area contributed by atoms with Gasteiger partial charge in [-0.1, -0.05) is 18.2 Å². The quantitative estimate of drug-likeness (QED) is 0.609. The van der Waals surface area contributed by atoms with Crippen LogP contribution in [0.4, 0.5) is 0 Å². The van der Waals surface area contributed by atoms with Crippen LogP contribution in [0.3, 0.4) is 0 Å². The van der Waals surface area contributed by atoms with Crippen LogP contribution in [0, 0.1) is 0 Å². The number of benzene rings is 3. The summed E-state index contributed by atoms with van der Waals surface area (Å²) in [6, 6.07) is 11.3. The third-order valence-corrected chi connectivity index (χ3v) is 4.50. The van der Waals surface area contributed by atoms with Gasteiger partial charge in [-0.15, -0.1) is 0 Å². The van der Waals surface area contributed by atoms with E-state index in [4.69, 9.17) is 9.47 Å². The molecule has 5 nitrogen and oxygen atoms in total. The molecule has 0 heterocycles. The summed E-state index contributed by atoms with van der Waals surface area (Å²) in [7, 11) is 3.04. The zero-order chi connectivity index (χ0) is 17.7. The first-order valence-corrected chi connectivity index (χ1v) is 7.67. The summed E-state index contributed by atoms with van der Waals surface area (Å²) in [5.41, 5.74) is 0.796. The second-order valence-corrected chi connectivity index (χ2v) is 5.77. The van der Waals surface area contributed by atoms with Gasteiger partial charge >= 0.3 is 0 Å². The van der Waals surface area contributed by atoms with Gasteiger partial charge in [-0.05, 0) is 23.6 Å². The highest BCUT2D eigenvalue weighted by molar-refractivity contribution is 6.33. The summed E-state index contributed by atoms with van der Waals surface area (Å²) in [6.07, 6.45) is 0. The van der Waals surface area contributed by atoms with Crippen molar-refractivity contribution in [1.82, 2.24) is 0 Å². The fourth-order valence-corrected chi connectivity index (χ4v) is 3.34. The van der Waals surface area contributed by atoms with Crippen LogP contribution in [-0.2, 0) is 0 Å². The molecule has 0 unspecified atom stereocenters. The Hall–Kier alpha value is -3.34. The van der Waals surface area contributed by atoms with E-state index in [0.29, 0.717) is 22.4 Å². The average Bonchev–Trinajstić information content (AvgIpc) is 2.64. The van der Waals surface area contributed by atoms with Crippen molar-refractivity contribution in [3.05, 3.63) is 64.7 Å². The van der Waals surface area contributed by atoms with Crippen LogP contribution in [0.5, 0.6) is 17.2 Å². The maximum atomic E-state index is 13.1. The smallest absolute Gasteiger partial charge is 0.199 e. The normalized spacial score (nSPS) is 12.7. The average molecular weight is 334 g/mol. The first kappa shape index (κ1) is 15.2. The van der Waals surface area contributed by atoms with Gasteiger partial charge in [0.2, 0.25) is 0 Å². The fourth-order valence-electron chi connectivity index (χ4n) is 3.34. The molecule has 1 aliphatic carbocycles. The van der Waals surface area contributed by atoms with Crippen molar-refractivity contribution < 1.29 is 24.2 Å². The van der Waals surface area contributed by atoms with E-state index < -0.39 is 5.78 Å². The Morgan fingerprint density at radius 1 is 0.840 bits per heavy atom. The van der Waals surface area contributed by atoms with E-state index in [-0.39, 0.29) is 28.2 Å². The molecule has 0 saturated carbocycles. The molecule has 0 radical (unpaired) electrons. The highest BCUT2D eigenvalue weighted by atomic mass is 16.5. The number of carbonyl (C=O) groups is 2. The Balaban J connectivity index is 2.13. The summed E-state index contributed by atoms with van der Waals surface area (Å²) >= 11 is 0. The highest BCUT2D eigenvalue weighted by Crippen LogP contribution is 2.40. The van der Waals surface area contributed by atoms with Crippen molar-refractivity contribution in [3.63, 3.8) is 0 Å². The molecule has 1 N–H and O–H groups in total. The lowest BCUT2D eigenvalue weighted by Crippen LogP contribution is -2.21. The van der Waals surface area contributed by atoms with Gasteiger partial charge in [-0.25, -0.2) is 0 Å². The number of ether oxygens (including phenoxy) is 2. The highest BCUT2D eigenvalue weighted by Gasteiger charge is 2.34. The van der Waals surface area contributed by atoms with Crippen LogP contribution in [0.25, 0.3) is 10.8 Å². The number of aromatic hydroxyl groups is 1. The van der Waals surface area contributed by atoms with Gasteiger partial charge in [0.1, 0.15) is 17.2 Å². The number of hydrogen-bond donors (Lipinski definition) is 1. The van der Waals surface area contributed by atoms with Gasteiger partial charge in [-0.3, -0.25) is 9.59 Å². The monoisotopic (exact) mass is 334 g/mol. The van der Waals surface area contributed by atoms with Gasteiger partial charge in [0.15, 0.2) is 11.6 Å². The third kappa shape index (κ3) is 2.02. The minimum Gasteiger partial charge on any atom is -0.507 e. The van der Waals surface area contributed by atoms with Crippen LogP contribution in [0.1, 0.15) is 31.8 Å². The van der Waals surface area contributed by atoms with E-state index in [0.717, 1.165) is 5.39 Å². The van der Waals surface area contributed by atoms with Crippen LogP contribution in [0.15, 0.2) is 42.5 Å². The Morgan fingerprint density at radius 2 is 1.60 bits per heavy atom. The lowest BCUT2D eigenvalue weighted by atomic mass is 9.81. The molecule has 4 rings (SSSR count). The first-order valence-electron chi connectivity index (χ1n) is 7.67. The number of carbonyl (C=O) groups excluding carboxylic acids is 2. The molecule has 25 heavy (non-hydrogen) atoms. The zero-order valence-electron chi connectivity index (χ0n) is 13.6. The van der Waals surface area contributed by atoms with Crippen molar-refractivity contribution in [1.29, 1.82) is 0 Å². The molecule has 1 aliphatic rings. The van der Waals surface area contributed by atoms with Crippen LogP contribution >= 0.6 is 0 Å². The minimum absolute atomic E-state index is 0.0328. The van der Waals surface area contributed by atoms with E-state index in [1.165, 1.54) is 13.2 Å². The van der Waals surface area contributed by atoms with Crippen molar-refractivity contribution >= 4 is 22.3 Å². The number of methoxy groups -OCH3 is 2. The Kier molecular flexibility index (Phi) is 3.25. The maximum absolute atomic E-state index is 13.1. The molecule has 3 aromatic rings. The summed E-state index contributed by atoms with van der Waals surface area (Å²) < 4.78 is 10.7. The zero-order valence-corrected chi connectivity index (χ0v) is 13.6. The molecule has 0 aromatic heterocycles. The lowest BCUT2D eigenvalue weighted by Gasteiger charge is -2.21. The fraction of sp³-hybridized carbons (Fsp3) is 0.100. The van der Waals surface area contributed by atoms with Crippen LogP contribution < -0.4 is 9.47 Å². The number of hydrogen-bond acceptors (Lipinski definition) is 5. The minimum atomic E-state index is -0.392. The molecular weight excluding hydrogens is 320 g/mol. The largest absolute Gasteiger partial charge is 0.507 e. The van der Waals surface area contributed by atoms with Gasteiger partial charge in [0.25, 0.3) is 0 Å². The van der Waals surface area contributed by atoms with E-state index >= 15 is 0 Å². The Labute approximate surface area is 143 Å². The van der Waals surface area contributed by atoms with E-state index in [1.807, 2.05) is 0 Å². The Morgan fingerprint density at radius 3 is 2.32 bits per heavy atom. The predicted octanol–water partition coefficient (Wildman–Crippen LogP) is 3.34. The maximum Gasteiger partial charge on any atom is 0.199 e. The van der Waals surface area contributed by atoms with E-state index in [9.17, 15) is 14.7 Å². The summed E-state index contributed by atoms with van der Waals surface area (Å²) in [6.45, 7) is 0. The number of phenolic OH excluding ortho intramolecular Hbond substituents is 1. The first-order chi connectivity index (χ1) is 12.1. The van der Waals surface area contributed by atoms with Crippen molar-refractivity contribution in [2.45, 2.75) is 0 Å². The van der Waals surface area contributed by atoms with E-state index in [1.54, 1.807) is 43.5 Å². The second kappa shape index (κ2) is 5.34. The van der Waals surface area contributed by atoms with Crippen LogP contribution in [-0.4, -0.2) is 30.9 Å². The van der Waals surface area contributed by atoms with Crippen LogP contribution in [0.2, 0.25) is 0 Å². The number of phenols is 1. The number of ketones is 2. The second-order valence-electron chi connectivity index (χ2n) is 5.77. The number of rotatable bonds is 2. The molecule has 3 aromatic carbocycles. The van der Waals surface area contributed by atoms with Gasteiger partial charge in [0.05, 0.1) is 19.8 Å².